The first-order valence-electron chi connectivity index (χ1n) is 25.3. The van der Waals surface area contributed by atoms with Crippen molar-refractivity contribution >= 4 is 17.1 Å². The van der Waals surface area contributed by atoms with Crippen LogP contribution < -0.4 is 4.90 Å². The second-order valence-corrected chi connectivity index (χ2v) is 24.7. The minimum absolute atomic E-state index is 0.0116. The molecule has 0 amide bonds. The maximum atomic E-state index is 2.59. The highest BCUT2D eigenvalue weighted by Gasteiger charge is 2.49. The second-order valence-electron chi connectivity index (χ2n) is 24.7. The van der Waals surface area contributed by atoms with Gasteiger partial charge in [0.1, 0.15) is 0 Å². The monoisotopic (exact) mass is 902 g/mol. The smallest absolute Gasteiger partial charge is 0.0714 e. The van der Waals surface area contributed by atoms with Gasteiger partial charge in [0.15, 0.2) is 0 Å². The summed E-state index contributed by atoms with van der Waals surface area (Å²) >= 11 is 0. The van der Waals surface area contributed by atoms with E-state index in [1.54, 1.807) is 0 Å². The van der Waals surface area contributed by atoms with Crippen LogP contribution in [0.2, 0.25) is 0 Å². The summed E-state index contributed by atoms with van der Waals surface area (Å²) in [6.07, 6.45) is 0. The van der Waals surface area contributed by atoms with Gasteiger partial charge >= 0.3 is 0 Å². The lowest BCUT2D eigenvalue weighted by Gasteiger charge is -2.37. The van der Waals surface area contributed by atoms with Crippen LogP contribution in [0.15, 0.2) is 176 Å². The molecular formula is C68H71N. The number of benzene rings is 8. The molecule has 0 heterocycles. The molecule has 0 spiro atoms. The van der Waals surface area contributed by atoms with E-state index in [1.165, 1.54) is 94.7 Å². The molecular weight excluding hydrogens is 831 g/mol. The number of fused-ring (bicyclic) bond motifs is 6. The van der Waals surface area contributed by atoms with Gasteiger partial charge in [-0.15, -0.1) is 0 Å². The molecule has 1 heteroatoms. The Morgan fingerprint density at radius 1 is 0.333 bits per heavy atom. The molecule has 10 rings (SSSR count). The van der Waals surface area contributed by atoms with Gasteiger partial charge in [-0.25, -0.2) is 0 Å². The quantitative estimate of drug-likeness (QED) is 0.161. The molecule has 1 nitrogen and oxygen atoms in total. The minimum Gasteiger partial charge on any atom is -0.310 e. The van der Waals surface area contributed by atoms with E-state index in [2.05, 4.69) is 278 Å². The summed E-state index contributed by atoms with van der Waals surface area (Å²) in [5.74, 6) is 0. The van der Waals surface area contributed by atoms with E-state index < -0.39 is 5.41 Å². The van der Waals surface area contributed by atoms with Crippen molar-refractivity contribution in [1.82, 2.24) is 0 Å². The predicted octanol–water partition coefficient (Wildman–Crippen LogP) is 18.7. The van der Waals surface area contributed by atoms with Crippen LogP contribution in [0.4, 0.5) is 17.1 Å². The summed E-state index contributed by atoms with van der Waals surface area (Å²) in [6, 6.07) is 68.2. The van der Waals surface area contributed by atoms with Gasteiger partial charge in [-0.1, -0.05) is 243 Å². The lowest BCUT2D eigenvalue weighted by atomic mass is 9.65. The number of anilines is 3. The summed E-state index contributed by atoms with van der Waals surface area (Å²) < 4.78 is 0. The number of rotatable bonds is 6. The molecule has 0 saturated heterocycles. The van der Waals surface area contributed by atoms with E-state index in [-0.39, 0.29) is 27.1 Å². The van der Waals surface area contributed by atoms with Crippen molar-refractivity contribution in [2.45, 2.75) is 129 Å². The average Bonchev–Trinajstić information content (AvgIpc) is 3.74. The maximum Gasteiger partial charge on any atom is 0.0714 e. The van der Waals surface area contributed by atoms with Gasteiger partial charge in [-0.3, -0.25) is 0 Å². The van der Waals surface area contributed by atoms with E-state index in [4.69, 9.17) is 0 Å². The van der Waals surface area contributed by atoms with Gasteiger partial charge in [0.2, 0.25) is 0 Å². The Labute approximate surface area is 414 Å². The van der Waals surface area contributed by atoms with Crippen molar-refractivity contribution in [2.24, 2.45) is 0 Å². The van der Waals surface area contributed by atoms with Gasteiger partial charge in [0.05, 0.1) is 11.1 Å². The van der Waals surface area contributed by atoms with Gasteiger partial charge in [0, 0.05) is 22.4 Å². The van der Waals surface area contributed by atoms with Gasteiger partial charge in [-0.05, 0) is 135 Å². The van der Waals surface area contributed by atoms with Crippen LogP contribution in [0.5, 0.6) is 0 Å². The zero-order valence-corrected chi connectivity index (χ0v) is 43.7. The van der Waals surface area contributed by atoms with E-state index >= 15 is 0 Å². The molecule has 0 radical (unpaired) electrons. The van der Waals surface area contributed by atoms with Crippen molar-refractivity contribution in [3.8, 4) is 33.4 Å². The van der Waals surface area contributed by atoms with Crippen LogP contribution in [0.25, 0.3) is 33.4 Å². The summed E-state index contributed by atoms with van der Waals surface area (Å²) in [6.45, 7) is 33.0. The topological polar surface area (TPSA) is 3.24 Å². The van der Waals surface area contributed by atoms with Crippen LogP contribution >= 0.6 is 0 Å². The average molecular weight is 902 g/mol. The minimum atomic E-state index is -0.635. The standard InChI is InChI=1S/C68H71N/c1-63(2,3)46-29-31-47(32-30-46)68(50-24-20-23-48(39-50)64(4,5)6)59-40-49(65(7,8)9)33-37-56(59)62-60(68)41-51(66(10,11)12)42-61(62)69(52-34-27-45(28-35-52)44-21-16-15-17-22-44)53-36-38-55-54-25-18-19-26-57(54)67(13,14)58(55)43-53/h15-43H,1-14H3. The van der Waals surface area contributed by atoms with Crippen molar-refractivity contribution in [3.63, 3.8) is 0 Å². The van der Waals surface area contributed by atoms with Crippen LogP contribution in [0, 0.1) is 0 Å². The molecule has 0 aliphatic heterocycles. The lowest BCUT2D eigenvalue weighted by Crippen LogP contribution is -2.31. The molecule has 8 aromatic rings. The molecule has 0 fully saturated rings. The zero-order valence-electron chi connectivity index (χ0n) is 43.7. The molecule has 0 N–H and O–H groups in total. The fourth-order valence-corrected chi connectivity index (χ4v) is 11.4. The molecule has 8 aromatic carbocycles. The maximum absolute atomic E-state index is 2.59. The van der Waals surface area contributed by atoms with Crippen LogP contribution in [-0.2, 0) is 32.5 Å². The Kier molecular flexibility index (Phi) is 10.8. The highest BCUT2D eigenvalue weighted by atomic mass is 15.1. The Morgan fingerprint density at radius 3 is 1.52 bits per heavy atom. The van der Waals surface area contributed by atoms with E-state index in [1.807, 2.05) is 0 Å². The number of nitrogens with zero attached hydrogens (tertiary/aromatic N) is 1. The first-order valence-corrected chi connectivity index (χ1v) is 25.3. The van der Waals surface area contributed by atoms with Gasteiger partial charge < -0.3 is 4.90 Å². The normalized spacial score (nSPS) is 16.1. The van der Waals surface area contributed by atoms with Crippen LogP contribution in [0.1, 0.15) is 153 Å². The van der Waals surface area contributed by atoms with Crippen molar-refractivity contribution in [2.75, 3.05) is 4.90 Å². The predicted molar refractivity (Wildman–Crippen MR) is 296 cm³/mol. The van der Waals surface area contributed by atoms with E-state index in [9.17, 15) is 0 Å². The fraction of sp³-hybridized carbons (Fsp3) is 0.294. The summed E-state index contributed by atoms with van der Waals surface area (Å²) in [5, 5.41) is 0. The molecule has 348 valence electrons. The molecule has 1 atom stereocenters. The number of hydrogen-bond acceptors (Lipinski definition) is 1. The van der Waals surface area contributed by atoms with E-state index in [0.29, 0.717) is 0 Å². The molecule has 69 heavy (non-hydrogen) atoms. The van der Waals surface area contributed by atoms with Gasteiger partial charge in [-0.2, -0.15) is 0 Å². The Balaban J connectivity index is 1.35. The molecule has 0 aromatic heterocycles. The highest BCUT2D eigenvalue weighted by Crippen LogP contribution is 2.62. The zero-order chi connectivity index (χ0) is 49.1. The first-order chi connectivity index (χ1) is 32.5. The van der Waals surface area contributed by atoms with Gasteiger partial charge in [0.25, 0.3) is 0 Å². The van der Waals surface area contributed by atoms with Crippen LogP contribution in [-0.4, -0.2) is 0 Å². The third-order valence-corrected chi connectivity index (χ3v) is 15.6. The van der Waals surface area contributed by atoms with E-state index in [0.717, 1.165) is 11.4 Å². The van der Waals surface area contributed by atoms with Crippen LogP contribution in [0.3, 0.4) is 0 Å². The van der Waals surface area contributed by atoms with Crippen molar-refractivity contribution < 1.29 is 0 Å². The molecule has 0 bridgehead atoms. The summed E-state index contributed by atoms with van der Waals surface area (Å²) in [5.41, 5.74) is 23.4. The second kappa shape index (κ2) is 16.1. The lowest BCUT2D eigenvalue weighted by molar-refractivity contribution is 0.582. The molecule has 2 aliphatic carbocycles. The largest absolute Gasteiger partial charge is 0.310 e. The fourth-order valence-electron chi connectivity index (χ4n) is 11.4. The SMILES string of the molecule is CC(C)(C)c1ccc(C2(c3cccc(C(C)(C)C)c3)c3cc(C(C)(C)C)ccc3-c3c(N(c4ccc(-c5ccccc5)cc4)c4ccc5c(c4)C(C)(C)c4ccccc4-5)cc(C(C)(C)C)cc32)cc1. The third-order valence-electron chi connectivity index (χ3n) is 15.6. The van der Waals surface area contributed by atoms with Crippen molar-refractivity contribution in [1.29, 1.82) is 0 Å². The first kappa shape index (κ1) is 46.3. The Hall–Kier alpha value is -6.44. The third kappa shape index (κ3) is 7.69. The molecule has 0 saturated carbocycles. The summed E-state index contributed by atoms with van der Waals surface area (Å²) in [4.78, 5) is 2.59. The molecule has 1 unspecified atom stereocenters. The Bertz CT molecular complexity index is 3240. The number of hydrogen-bond donors (Lipinski definition) is 0. The Morgan fingerprint density at radius 2 is 0.870 bits per heavy atom. The summed E-state index contributed by atoms with van der Waals surface area (Å²) in [7, 11) is 0. The van der Waals surface area contributed by atoms with Crippen molar-refractivity contribution in [3.05, 3.63) is 232 Å². The molecule has 2 aliphatic rings. The highest BCUT2D eigenvalue weighted by molar-refractivity contribution is 5.99.